The fraction of sp³-hybridized carbons (Fsp3) is 0.800. The largest absolute Gasteiger partial charge is 0.394 e. The molecule has 1 rings (SSSR count). The van der Waals surface area contributed by atoms with Gasteiger partial charge in [0, 0.05) is 6.42 Å². The van der Waals surface area contributed by atoms with E-state index in [1.807, 2.05) is 0 Å². The summed E-state index contributed by atoms with van der Waals surface area (Å²) in [5, 5.41) is 10.7. The van der Waals surface area contributed by atoms with Gasteiger partial charge in [-0.1, -0.05) is 0 Å². The molecule has 0 aromatic heterocycles. The molecule has 0 aromatic rings. The number of carbonyl (C=O) groups is 1. The second-order valence-electron chi connectivity index (χ2n) is 2.09. The fourth-order valence-corrected chi connectivity index (χ4v) is 0.828. The third-order valence-corrected chi connectivity index (χ3v) is 1.34. The first-order valence-corrected chi connectivity index (χ1v) is 2.79. The predicted molar refractivity (Wildman–Crippen MR) is 28.5 cm³/mol. The molecule has 3 nitrogen and oxygen atoms in total. The number of hydrogen-bond donors (Lipinski definition) is 2. The van der Waals surface area contributed by atoms with E-state index in [1.54, 1.807) is 0 Å². The summed E-state index contributed by atoms with van der Waals surface area (Å²) in [5.41, 5.74) is 0. The Labute approximate surface area is 51.9 Å². The van der Waals surface area contributed by atoms with Gasteiger partial charge in [0.1, 0.15) is 0 Å². The third kappa shape index (κ3) is 1.18. The van der Waals surface area contributed by atoms with Crippen LogP contribution in [0.1, 0.15) is 6.42 Å². The quantitative estimate of drug-likeness (QED) is 0.492. The number of alkyl halides is 1. The van der Waals surface area contributed by atoms with E-state index < -0.39 is 12.1 Å². The van der Waals surface area contributed by atoms with Crippen molar-refractivity contribution in [1.29, 1.82) is 0 Å². The van der Waals surface area contributed by atoms with Crippen LogP contribution in [0.15, 0.2) is 0 Å². The van der Waals surface area contributed by atoms with Crippen molar-refractivity contribution < 1.29 is 14.3 Å². The minimum atomic E-state index is -1.41. The standard InChI is InChI=1S/C5H8FNO2/c6-4-1-3(2-8)7-5(4)9/h3-4,8H,1-2H2,(H,7,9)/t3-,4+/m1/s1. The van der Waals surface area contributed by atoms with Gasteiger partial charge >= 0.3 is 0 Å². The molecule has 4 heteroatoms. The fourth-order valence-electron chi connectivity index (χ4n) is 0.828. The summed E-state index contributed by atoms with van der Waals surface area (Å²) in [6, 6.07) is -0.368. The Balaban J connectivity index is 2.44. The van der Waals surface area contributed by atoms with Gasteiger partial charge < -0.3 is 10.4 Å². The van der Waals surface area contributed by atoms with Crippen molar-refractivity contribution >= 4 is 5.91 Å². The molecule has 0 aromatic carbocycles. The number of aliphatic hydroxyl groups excluding tert-OH is 1. The Hall–Kier alpha value is -0.640. The lowest BCUT2D eigenvalue weighted by Crippen LogP contribution is -2.29. The van der Waals surface area contributed by atoms with Gasteiger partial charge in [0.25, 0.3) is 5.91 Å². The Kier molecular flexibility index (Phi) is 1.66. The Morgan fingerprint density at radius 2 is 2.56 bits per heavy atom. The first-order chi connectivity index (χ1) is 4.24. The van der Waals surface area contributed by atoms with Crippen molar-refractivity contribution in [1.82, 2.24) is 5.32 Å². The average molecular weight is 133 g/mol. The maximum atomic E-state index is 12.2. The molecule has 2 atom stereocenters. The van der Waals surface area contributed by atoms with Crippen LogP contribution in [0.5, 0.6) is 0 Å². The molecule has 1 saturated heterocycles. The van der Waals surface area contributed by atoms with Gasteiger partial charge in [0.05, 0.1) is 12.6 Å². The van der Waals surface area contributed by atoms with E-state index in [0.29, 0.717) is 0 Å². The van der Waals surface area contributed by atoms with Crippen LogP contribution < -0.4 is 5.32 Å². The molecular formula is C5H8FNO2. The molecule has 0 radical (unpaired) electrons. The maximum absolute atomic E-state index is 12.2. The van der Waals surface area contributed by atoms with E-state index in [2.05, 4.69) is 5.32 Å². The van der Waals surface area contributed by atoms with E-state index in [4.69, 9.17) is 5.11 Å². The summed E-state index contributed by atoms with van der Waals surface area (Å²) in [7, 11) is 0. The zero-order valence-corrected chi connectivity index (χ0v) is 4.80. The van der Waals surface area contributed by atoms with Gasteiger partial charge in [0.15, 0.2) is 6.17 Å². The maximum Gasteiger partial charge on any atom is 0.254 e. The smallest absolute Gasteiger partial charge is 0.254 e. The number of nitrogens with one attached hydrogen (secondary N) is 1. The van der Waals surface area contributed by atoms with Crippen LogP contribution in [0.3, 0.4) is 0 Å². The molecule has 0 aliphatic carbocycles. The van der Waals surface area contributed by atoms with Crippen LogP contribution >= 0.6 is 0 Å². The van der Waals surface area contributed by atoms with Crippen LogP contribution in [-0.4, -0.2) is 29.8 Å². The van der Waals surface area contributed by atoms with Gasteiger partial charge in [-0.05, 0) is 0 Å². The van der Waals surface area contributed by atoms with Crippen molar-refractivity contribution in [3.63, 3.8) is 0 Å². The number of aliphatic hydroxyl groups is 1. The summed E-state index contributed by atoms with van der Waals surface area (Å²) >= 11 is 0. The lowest BCUT2D eigenvalue weighted by molar-refractivity contribution is -0.123. The lowest BCUT2D eigenvalue weighted by atomic mass is 10.2. The number of carbonyl (C=O) groups excluding carboxylic acids is 1. The molecule has 1 aliphatic heterocycles. The average Bonchev–Trinajstić information content (AvgIpc) is 2.13. The highest BCUT2D eigenvalue weighted by molar-refractivity contribution is 5.83. The molecule has 1 heterocycles. The molecule has 9 heavy (non-hydrogen) atoms. The summed E-state index contributed by atoms with van der Waals surface area (Å²) in [5.74, 6) is -0.603. The monoisotopic (exact) mass is 133 g/mol. The minimum Gasteiger partial charge on any atom is -0.394 e. The van der Waals surface area contributed by atoms with Crippen LogP contribution in [0.4, 0.5) is 4.39 Å². The summed E-state index contributed by atoms with van der Waals surface area (Å²) in [4.78, 5) is 10.3. The van der Waals surface area contributed by atoms with E-state index >= 15 is 0 Å². The number of halogens is 1. The van der Waals surface area contributed by atoms with Crippen LogP contribution in [0.25, 0.3) is 0 Å². The zero-order valence-electron chi connectivity index (χ0n) is 4.80. The molecule has 1 fully saturated rings. The van der Waals surface area contributed by atoms with Crippen molar-refractivity contribution in [2.24, 2.45) is 0 Å². The molecule has 1 amide bonds. The normalized spacial score (nSPS) is 34.7. The van der Waals surface area contributed by atoms with Gasteiger partial charge in [-0.2, -0.15) is 0 Å². The van der Waals surface area contributed by atoms with Gasteiger partial charge in [-0.25, -0.2) is 4.39 Å². The van der Waals surface area contributed by atoms with Crippen LogP contribution in [0.2, 0.25) is 0 Å². The number of hydrogen-bond acceptors (Lipinski definition) is 2. The number of rotatable bonds is 1. The highest BCUT2D eigenvalue weighted by Gasteiger charge is 2.30. The van der Waals surface area contributed by atoms with Crippen molar-refractivity contribution in [3.8, 4) is 0 Å². The molecular weight excluding hydrogens is 125 g/mol. The molecule has 52 valence electrons. The Bertz CT molecular complexity index is 128. The molecule has 1 aliphatic rings. The van der Waals surface area contributed by atoms with E-state index in [0.717, 1.165) is 0 Å². The van der Waals surface area contributed by atoms with Crippen molar-refractivity contribution in [3.05, 3.63) is 0 Å². The molecule has 0 saturated carbocycles. The van der Waals surface area contributed by atoms with Crippen molar-refractivity contribution in [2.75, 3.05) is 6.61 Å². The van der Waals surface area contributed by atoms with Crippen LogP contribution in [0, 0.1) is 0 Å². The Morgan fingerprint density at radius 3 is 2.78 bits per heavy atom. The second-order valence-corrected chi connectivity index (χ2v) is 2.09. The third-order valence-electron chi connectivity index (χ3n) is 1.34. The second kappa shape index (κ2) is 2.31. The summed E-state index contributed by atoms with van der Waals surface area (Å²) < 4.78 is 12.2. The van der Waals surface area contributed by atoms with Crippen molar-refractivity contribution in [2.45, 2.75) is 18.6 Å². The first-order valence-electron chi connectivity index (χ1n) is 2.79. The van der Waals surface area contributed by atoms with Crippen LogP contribution in [-0.2, 0) is 4.79 Å². The molecule has 0 bridgehead atoms. The summed E-state index contributed by atoms with van der Waals surface area (Å²) in [6.07, 6.45) is -1.31. The van der Waals surface area contributed by atoms with E-state index in [-0.39, 0.29) is 19.1 Å². The first kappa shape index (κ1) is 6.48. The molecule has 2 N–H and O–H groups in total. The minimum absolute atomic E-state index is 0.106. The predicted octanol–water partition coefficient (Wildman–Crippen LogP) is -0.795. The highest BCUT2D eigenvalue weighted by Crippen LogP contribution is 2.09. The zero-order chi connectivity index (χ0) is 6.85. The van der Waals surface area contributed by atoms with Gasteiger partial charge in [-0.15, -0.1) is 0 Å². The molecule has 0 unspecified atom stereocenters. The molecule has 0 spiro atoms. The lowest BCUT2D eigenvalue weighted by Gasteiger charge is -2.01. The SMILES string of the molecule is O=C1N[C@@H](CO)C[C@@H]1F. The van der Waals surface area contributed by atoms with E-state index in [9.17, 15) is 9.18 Å². The highest BCUT2D eigenvalue weighted by atomic mass is 19.1. The van der Waals surface area contributed by atoms with Gasteiger partial charge in [-0.3, -0.25) is 4.79 Å². The van der Waals surface area contributed by atoms with E-state index in [1.165, 1.54) is 0 Å². The number of amides is 1. The summed E-state index contributed by atoms with van der Waals surface area (Å²) in [6.45, 7) is -0.174. The Morgan fingerprint density at radius 1 is 1.89 bits per heavy atom. The topological polar surface area (TPSA) is 49.3 Å². The van der Waals surface area contributed by atoms with Gasteiger partial charge in [0.2, 0.25) is 0 Å².